The number of fused-ring (bicyclic) bond motifs is 1. The second kappa shape index (κ2) is 5.02. The van der Waals surface area contributed by atoms with Gasteiger partial charge in [-0.05, 0) is 18.9 Å². The Labute approximate surface area is 122 Å². The van der Waals surface area contributed by atoms with Crippen LogP contribution in [0.4, 0.5) is 0 Å². The molecule has 1 aliphatic carbocycles. The predicted molar refractivity (Wildman–Crippen MR) is 83.0 cm³/mol. The molecular formula is C16H17N3S. The predicted octanol–water partition coefficient (Wildman–Crippen LogP) is 4.73. The molecule has 0 aliphatic heterocycles. The maximum absolute atomic E-state index is 4.77. The third-order valence-electron chi connectivity index (χ3n) is 4.22. The molecule has 1 N–H and O–H groups in total. The summed E-state index contributed by atoms with van der Waals surface area (Å²) in [6.45, 7) is 0. The topological polar surface area (TPSA) is 41.6 Å². The monoisotopic (exact) mass is 283 g/mol. The quantitative estimate of drug-likeness (QED) is 0.738. The Balaban J connectivity index is 1.70. The first-order valence-electron chi connectivity index (χ1n) is 7.31. The minimum absolute atomic E-state index is 0.579. The standard InChI is InChI=1S/C16H17N3S/c1-2-6-11(7-3-1)15-17-16(19-18-15)13-10-20-14-9-5-4-8-12(13)14/h4-5,8-11H,1-3,6-7H2,(H,17,18,19). The van der Waals surface area contributed by atoms with Crippen LogP contribution >= 0.6 is 11.3 Å². The molecule has 0 bridgehead atoms. The molecule has 0 radical (unpaired) electrons. The van der Waals surface area contributed by atoms with Gasteiger partial charge in [0, 0.05) is 26.9 Å². The zero-order chi connectivity index (χ0) is 13.4. The van der Waals surface area contributed by atoms with Gasteiger partial charge in [0.2, 0.25) is 0 Å². The Morgan fingerprint density at radius 1 is 1.10 bits per heavy atom. The number of nitrogens with one attached hydrogen (secondary N) is 1. The summed E-state index contributed by atoms with van der Waals surface area (Å²) in [5.41, 5.74) is 1.16. The highest BCUT2D eigenvalue weighted by molar-refractivity contribution is 7.17. The molecule has 1 fully saturated rings. The van der Waals surface area contributed by atoms with Crippen molar-refractivity contribution in [3.63, 3.8) is 0 Å². The number of rotatable bonds is 2. The van der Waals surface area contributed by atoms with Gasteiger partial charge in [0.25, 0.3) is 0 Å². The van der Waals surface area contributed by atoms with E-state index >= 15 is 0 Å². The van der Waals surface area contributed by atoms with E-state index in [0.29, 0.717) is 5.92 Å². The molecule has 3 nitrogen and oxygen atoms in total. The van der Waals surface area contributed by atoms with Crippen molar-refractivity contribution in [1.82, 2.24) is 15.2 Å². The lowest BCUT2D eigenvalue weighted by Gasteiger charge is -2.18. The van der Waals surface area contributed by atoms with Crippen molar-refractivity contribution < 1.29 is 0 Å². The van der Waals surface area contributed by atoms with Gasteiger partial charge in [-0.15, -0.1) is 11.3 Å². The van der Waals surface area contributed by atoms with Crippen LogP contribution in [0.15, 0.2) is 29.6 Å². The van der Waals surface area contributed by atoms with Crippen molar-refractivity contribution in [2.45, 2.75) is 38.0 Å². The summed E-state index contributed by atoms with van der Waals surface area (Å²) in [5, 5.41) is 11.0. The zero-order valence-electron chi connectivity index (χ0n) is 11.3. The number of hydrogen-bond acceptors (Lipinski definition) is 3. The number of aromatic amines is 1. The van der Waals surface area contributed by atoms with Crippen LogP contribution in [0.2, 0.25) is 0 Å². The molecule has 3 aromatic rings. The summed E-state index contributed by atoms with van der Waals surface area (Å²) in [4.78, 5) is 4.77. The van der Waals surface area contributed by atoms with E-state index in [1.165, 1.54) is 42.2 Å². The SMILES string of the molecule is c1ccc2c(-c3n[nH]c(C4CCCCC4)n3)csc2c1. The maximum atomic E-state index is 4.77. The number of thiophene rings is 1. The number of nitrogens with zero attached hydrogens (tertiary/aromatic N) is 2. The lowest BCUT2D eigenvalue weighted by atomic mass is 9.89. The fourth-order valence-electron chi connectivity index (χ4n) is 3.10. The minimum Gasteiger partial charge on any atom is -0.262 e. The summed E-state index contributed by atoms with van der Waals surface area (Å²) in [7, 11) is 0. The Morgan fingerprint density at radius 2 is 1.95 bits per heavy atom. The second-order valence-electron chi connectivity index (χ2n) is 5.52. The van der Waals surface area contributed by atoms with E-state index in [1.807, 2.05) is 0 Å². The first-order valence-corrected chi connectivity index (χ1v) is 8.19. The van der Waals surface area contributed by atoms with Gasteiger partial charge in [-0.2, -0.15) is 5.10 Å². The number of hydrogen-bond donors (Lipinski definition) is 1. The van der Waals surface area contributed by atoms with Crippen LogP contribution in [0, 0.1) is 0 Å². The molecule has 0 unspecified atom stereocenters. The van der Waals surface area contributed by atoms with Gasteiger partial charge in [-0.1, -0.05) is 37.5 Å². The van der Waals surface area contributed by atoms with E-state index < -0.39 is 0 Å². The van der Waals surface area contributed by atoms with E-state index in [-0.39, 0.29) is 0 Å². The van der Waals surface area contributed by atoms with Gasteiger partial charge in [0.15, 0.2) is 5.82 Å². The molecule has 1 saturated carbocycles. The van der Waals surface area contributed by atoms with Gasteiger partial charge >= 0.3 is 0 Å². The summed E-state index contributed by atoms with van der Waals surface area (Å²) in [6.07, 6.45) is 6.51. The smallest absolute Gasteiger partial charge is 0.182 e. The van der Waals surface area contributed by atoms with Crippen molar-refractivity contribution in [3.8, 4) is 11.4 Å². The van der Waals surface area contributed by atoms with Crippen LogP contribution < -0.4 is 0 Å². The summed E-state index contributed by atoms with van der Waals surface area (Å²) in [6, 6.07) is 8.46. The van der Waals surface area contributed by atoms with Crippen LogP contribution in [0.5, 0.6) is 0 Å². The second-order valence-corrected chi connectivity index (χ2v) is 6.44. The normalized spacial score (nSPS) is 16.8. The molecule has 20 heavy (non-hydrogen) atoms. The summed E-state index contributed by atoms with van der Waals surface area (Å²) < 4.78 is 1.30. The van der Waals surface area contributed by atoms with Crippen molar-refractivity contribution in [1.29, 1.82) is 0 Å². The first-order chi connectivity index (χ1) is 9.92. The summed E-state index contributed by atoms with van der Waals surface area (Å²) >= 11 is 1.76. The molecule has 0 saturated heterocycles. The van der Waals surface area contributed by atoms with E-state index in [0.717, 1.165) is 17.2 Å². The molecule has 2 heterocycles. The zero-order valence-corrected chi connectivity index (χ0v) is 12.1. The van der Waals surface area contributed by atoms with E-state index in [4.69, 9.17) is 4.98 Å². The van der Waals surface area contributed by atoms with Crippen molar-refractivity contribution in [2.24, 2.45) is 0 Å². The van der Waals surface area contributed by atoms with Crippen LogP contribution in [0.25, 0.3) is 21.5 Å². The summed E-state index contributed by atoms with van der Waals surface area (Å²) in [5.74, 6) is 2.51. The molecule has 4 heteroatoms. The Hall–Kier alpha value is -1.68. The minimum atomic E-state index is 0.579. The van der Waals surface area contributed by atoms with Crippen LogP contribution in [0.3, 0.4) is 0 Å². The van der Waals surface area contributed by atoms with Crippen LogP contribution in [-0.2, 0) is 0 Å². The number of H-pyrrole nitrogens is 1. The highest BCUT2D eigenvalue weighted by Gasteiger charge is 2.20. The highest BCUT2D eigenvalue weighted by atomic mass is 32.1. The molecular weight excluding hydrogens is 266 g/mol. The van der Waals surface area contributed by atoms with E-state index in [1.54, 1.807) is 11.3 Å². The molecule has 1 aromatic carbocycles. The molecule has 1 aliphatic rings. The van der Waals surface area contributed by atoms with Gasteiger partial charge in [0.05, 0.1) is 0 Å². The molecule has 102 valence electrons. The third-order valence-corrected chi connectivity index (χ3v) is 5.18. The first kappa shape index (κ1) is 12.1. The van der Waals surface area contributed by atoms with Gasteiger partial charge < -0.3 is 0 Å². The van der Waals surface area contributed by atoms with Crippen molar-refractivity contribution in [3.05, 3.63) is 35.5 Å². The lowest BCUT2D eigenvalue weighted by Crippen LogP contribution is -2.06. The van der Waals surface area contributed by atoms with Gasteiger partial charge in [-0.3, -0.25) is 5.10 Å². The molecule has 0 amide bonds. The van der Waals surface area contributed by atoms with Crippen molar-refractivity contribution >= 4 is 21.4 Å². The van der Waals surface area contributed by atoms with Gasteiger partial charge in [-0.25, -0.2) is 4.98 Å². The Bertz CT molecular complexity index is 722. The average Bonchev–Trinajstić information content (AvgIpc) is 3.14. The number of benzene rings is 1. The molecule has 0 spiro atoms. The molecule has 4 rings (SSSR count). The maximum Gasteiger partial charge on any atom is 0.182 e. The van der Waals surface area contributed by atoms with Gasteiger partial charge in [0.1, 0.15) is 5.82 Å². The average molecular weight is 283 g/mol. The fraction of sp³-hybridized carbons (Fsp3) is 0.375. The number of aromatic nitrogens is 3. The van der Waals surface area contributed by atoms with E-state index in [9.17, 15) is 0 Å². The Kier molecular flexibility index (Phi) is 3.03. The largest absolute Gasteiger partial charge is 0.262 e. The highest BCUT2D eigenvalue weighted by Crippen LogP contribution is 2.34. The van der Waals surface area contributed by atoms with Crippen molar-refractivity contribution in [2.75, 3.05) is 0 Å². The Morgan fingerprint density at radius 3 is 2.85 bits per heavy atom. The van der Waals surface area contributed by atoms with Crippen LogP contribution in [0.1, 0.15) is 43.8 Å². The molecule has 0 atom stereocenters. The molecule has 2 aromatic heterocycles. The lowest BCUT2D eigenvalue weighted by molar-refractivity contribution is 0.429. The third kappa shape index (κ3) is 2.04. The van der Waals surface area contributed by atoms with E-state index in [2.05, 4.69) is 39.8 Å². The fourth-order valence-corrected chi connectivity index (χ4v) is 4.04. The van der Waals surface area contributed by atoms with Crippen LogP contribution in [-0.4, -0.2) is 15.2 Å².